The summed E-state index contributed by atoms with van der Waals surface area (Å²) in [6.07, 6.45) is 3.07. The van der Waals surface area contributed by atoms with Crippen LogP contribution < -0.4 is 5.32 Å². The average Bonchev–Trinajstić information content (AvgIpc) is 3.20. The van der Waals surface area contributed by atoms with E-state index in [0.29, 0.717) is 38.3 Å². The first-order valence-corrected chi connectivity index (χ1v) is 8.33. The third-order valence-electron chi connectivity index (χ3n) is 4.67. The molecule has 0 spiro atoms. The summed E-state index contributed by atoms with van der Waals surface area (Å²) in [5.41, 5.74) is 2.28. The summed E-state index contributed by atoms with van der Waals surface area (Å²) in [5, 5.41) is 20.3. The fraction of sp³-hybridized carbons (Fsp3) is 0.444. The lowest BCUT2D eigenvalue weighted by molar-refractivity contribution is -0.122. The van der Waals surface area contributed by atoms with Gasteiger partial charge in [-0.25, -0.2) is 0 Å². The molecule has 1 unspecified atom stereocenters. The molecule has 24 heavy (non-hydrogen) atoms. The number of hydrogen-bond acceptors (Lipinski definition) is 4. The molecule has 2 aromatic rings. The number of benzene rings is 1. The molecule has 2 heterocycles. The molecule has 0 bridgehead atoms. The van der Waals surface area contributed by atoms with E-state index in [-0.39, 0.29) is 5.91 Å². The highest BCUT2D eigenvalue weighted by molar-refractivity contribution is 5.78. The number of nitrogens with one attached hydrogen (secondary N) is 2. The number of nitrogens with zero attached hydrogens (tertiary/aromatic N) is 2. The second-order valence-electron chi connectivity index (χ2n) is 6.49. The van der Waals surface area contributed by atoms with E-state index in [2.05, 4.69) is 34.6 Å². The number of H-pyrrole nitrogens is 1. The molecule has 0 radical (unpaired) electrons. The van der Waals surface area contributed by atoms with Crippen LogP contribution in [0, 0.1) is 6.92 Å². The van der Waals surface area contributed by atoms with Gasteiger partial charge >= 0.3 is 0 Å². The van der Waals surface area contributed by atoms with Crippen LogP contribution in [0.25, 0.3) is 0 Å². The average molecular weight is 328 g/mol. The Morgan fingerprint density at radius 3 is 3.00 bits per heavy atom. The molecule has 128 valence electrons. The van der Waals surface area contributed by atoms with E-state index in [4.69, 9.17) is 0 Å². The molecule has 0 aliphatic carbocycles. The molecule has 1 aliphatic rings. The maximum Gasteiger partial charge on any atom is 0.234 e. The monoisotopic (exact) mass is 328 g/mol. The van der Waals surface area contributed by atoms with Crippen molar-refractivity contribution in [3.63, 3.8) is 0 Å². The van der Waals surface area contributed by atoms with Gasteiger partial charge < -0.3 is 10.4 Å². The normalized spacial score (nSPS) is 21.1. The lowest BCUT2D eigenvalue weighted by Crippen LogP contribution is -2.39. The quantitative estimate of drug-likeness (QED) is 0.738. The highest BCUT2D eigenvalue weighted by atomic mass is 16.3. The molecule has 3 rings (SSSR count). The Labute approximate surface area is 141 Å². The Hall–Kier alpha value is -2.18. The zero-order valence-corrected chi connectivity index (χ0v) is 14.0. The van der Waals surface area contributed by atoms with Gasteiger partial charge in [0.15, 0.2) is 0 Å². The zero-order chi connectivity index (χ0) is 17.0. The molecule has 1 aromatic carbocycles. The topological polar surface area (TPSA) is 81.2 Å². The third kappa shape index (κ3) is 3.83. The number of aromatic amines is 1. The van der Waals surface area contributed by atoms with Gasteiger partial charge in [-0.1, -0.05) is 24.3 Å². The molecule has 1 saturated heterocycles. The molecule has 1 amide bonds. The van der Waals surface area contributed by atoms with E-state index >= 15 is 0 Å². The molecule has 6 heteroatoms. The van der Waals surface area contributed by atoms with Crippen LogP contribution in [0.15, 0.2) is 36.5 Å². The summed E-state index contributed by atoms with van der Waals surface area (Å²) in [7, 11) is 0. The smallest absolute Gasteiger partial charge is 0.234 e. The van der Waals surface area contributed by atoms with Gasteiger partial charge in [0, 0.05) is 25.8 Å². The maximum atomic E-state index is 12.1. The number of rotatable bonds is 6. The largest absolute Gasteiger partial charge is 0.382 e. The van der Waals surface area contributed by atoms with E-state index in [1.54, 1.807) is 12.3 Å². The molecule has 1 aliphatic heterocycles. The van der Waals surface area contributed by atoms with Gasteiger partial charge in [-0.3, -0.25) is 14.8 Å². The zero-order valence-electron chi connectivity index (χ0n) is 14.0. The first kappa shape index (κ1) is 16.7. The summed E-state index contributed by atoms with van der Waals surface area (Å²) in [6.45, 7) is 4.16. The van der Waals surface area contributed by atoms with E-state index < -0.39 is 5.60 Å². The summed E-state index contributed by atoms with van der Waals surface area (Å²) in [5.74, 6) is -0.00237. The summed E-state index contributed by atoms with van der Waals surface area (Å²) in [6, 6.07) is 9.99. The molecular formula is C18H24N4O2. The van der Waals surface area contributed by atoms with Crippen molar-refractivity contribution >= 4 is 5.91 Å². The van der Waals surface area contributed by atoms with Crippen LogP contribution in [-0.4, -0.2) is 52.3 Å². The number of aryl methyl sites for hydroxylation is 1. The van der Waals surface area contributed by atoms with Crippen molar-refractivity contribution in [3.8, 4) is 0 Å². The van der Waals surface area contributed by atoms with Gasteiger partial charge in [0.25, 0.3) is 0 Å². The van der Waals surface area contributed by atoms with Gasteiger partial charge in [0.05, 0.1) is 12.2 Å². The lowest BCUT2D eigenvalue weighted by atomic mass is 9.99. The van der Waals surface area contributed by atoms with Gasteiger partial charge in [0.1, 0.15) is 5.60 Å². The predicted molar refractivity (Wildman–Crippen MR) is 91.4 cm³/mol. The summed E-state index contributed by atoms with van der Waals surface area (Å²) in [4.78, 5) is 14.1. The highest BCUT2D eigenvalue weighted by Crippen LogP contribution is 2.30. The van der Waals surface area contributed by atoms with Crippen molar-refractivity contribution in [2.75, 3.05) is 26.2 Å². The standard InChI is InChI=1S/C18H24N4O2/c1-14-4-2-3-5-15(14)6-9-19-17(23)12-22-11-8-18(24,13-22)16-7-10-20-21-16/h2-5,7,10,24H,6,8-9,11-13H2,1H3,(H,19,23)(H,20,21). The van der Waals surface area contributed by atoms with Crippen LogP contribution in [0.4, 0.5) is 0 Å². The van der Waals surface area contributed by atoms with Crippen LogP contribution in [-0.2, 0) is 16.8 Å². The third-order valence-corrected chi connectivity index (χ3v) is 4.67. The maximum absolute atomic E-state index is 12.1. The molecule has 1 atom stereocenters. The van der Waals surface area contributed by atoms with Crippen molar-refractivity contribution < 1.29 is 9.90 Å². The number of carbonyl (C=O) groups is 1. The van der Waals surface area contributed by atoms with Crippen molar-refractivity contribution in [1.82, 2.24) is 20.4 Å². The van der Waals surface area contributed by atoms with Gasteiger partial charge in [-0.2, -0.15) is 5.10 Å². The highest BCUT2D eigenvalue weighted by Gasteiger charge is 2.39. The first-order chi connectivity index (χ1) is 11.6. The van der Waals surface area contributed by atoms with Crippen LogP contribution in [0.3, 0.4) is 0 Å². The molecule has 1 fully saturated rings. The van der Waals surface area contributed by atoms with Crippen LogP contribution in [0.1, 0.15) is 23.2 Å². The molecule has 3 N–H and O–H groups in total. The Morgan fingerprint density at radius 1 is 1.42 bits per heavy atom. The van der Waals surface area contributed by atoms with Crippen molar-refractivity contribution in [3.05, 3.63) is 53.3 Å². The number of carbonyl (C=O) groups excluding carboxylic acids is 1. The minimum absolute atomic E-state index is 0.00237. The molecule has 1 aromatic heterocycles. The Kier molecular flexibility index (Phi) is 4.97. The van der Waals surface area contributed by atoms with Crippen LogP contribution >= 0.6 is 0 Å². The molecule has 0 saturated carbocycles. The fourth-order valence-electron chi connectivity index (χ4n) is 3.23. The van der Waals surface area contributed by atoms with E-state index in [0.717, 1.165) is 6.42 Å². The number of β-amino-alcohol motifs (C(OH)–C–C–N with tert-alkyl or cyclic N) is 1. The minimum Gasteiger partial charge on any atom is -0.382 e. The number of amides is 1. The Morgan fingerprint density at radius 2 is 2.25 bits per heavy atom. The second-order valence-corrected chi connectivity index (χ2v) is 6.49. The second kappa shape index (κ2) is 7.15. The lowest BCUT2D eigenvalue weighted by Gasteiger charge is -2.21. The number of hydrogen-bond donors (Lipinski definition) is 3. The number of aliphatic hydroxyl groups is 1. The van der Waals surface area contributed by atoms with Gasteiger partial charge in [0.2, 0.25) is 5.91 Å². The van der Waals surface area contributed by atoms with E-state index in [9.17, 15) is 9.90 Å². The minimum atomic E-state index is -0.933. The summed E-state index contributed by atoms with van der Waals surface area (Å²) >= 11 is 0. The van der Waals surface area contributed by atoms with Gasteiger partial charge in [-0.05, 0) is 37.0 Å². The van der Waals surface area contributed by atoms with Crippen molar-refractivity contribution in [1.29, 1.82) is 0 Å². The predicted octanol–water partition coefficient (Wildman–Crippen LogP) is 0.970. The molecular weight excluding hydrogens is 304 g/mol. The number of likely N-dealkylation sites (tertiary alicyclic amines) is 1. The Balaban J connectivity index is 1.44. The number of aromatic nitrogens is 2. The fourth-order valence-corrected chi connectivity index (χ4v) is 3.23. The SMILES string of the molecule is Cc1ccccc1CCNC(=O)CN1CCC(O)(c2ccn[nH]2)C1. The first-order valence-electron chi connectivity index (χ1n) is 8.33. The van der Waals surface area contributed by atoms with Crippen molar-refractivity contribution in [2.24, 2.45) is 0 Å². The van der Waals surface area contributed by atoms with Gasteiger partial charge in [-0.15, -0.1) is 0 Å². The van der Waals surface area contributed by atoms with Crippen LogP contribution in [0.5, 0.6) is 0 Å². The van der Waals surface area contributed by atoms with E-state index in [1.165, 1.54) is 11.1 Å². The summed E-state index contributed by atoms with van der Waals surface area (Å²) < 4.78 is 0. The van der Waals surface area contributed by atoms with Crippen LogP contribution in [0.2, 0.25) is 0 Å². The van der Waals surface area contributed by atoms with E-state index in [1.807, 2.05) is 17.0 Å². The molecule has 6 nitrogen and oxygen atoms in total. The van der Waals surface area contributed by atoms with Crippen molar-refractivity contribution in [2.45, 2.75) is 25.4 Å². The Bertz CT molecular complexity index is 686.